The molecule has 1 aromatic carbocycles. The van der Waals surface area contributed by atoms with E-state index in [0.717, 1.165) is 32.4 Å². The molecule has 1 N–H and O–H groups in total. The monoisotopic (exact) mass is 364 g/mol. The zero-order chi connectivity index (χ0) is 15.5. The standard InChI is InChI=1S/C15H20BrF3N2/c1-2-8-21(12-4-3-7-20-10-12)14-6-5-11(16)9-13(14)15(17,18)19/h5-6,9,12,20H,2-4,7-8,10H2,1H3. The van der Waals surface area contributed by atoms with Gasteiger partial charge in [0.2, 0.25) is 0 Å². The third-order valence-electron chi connectivity index (χ3n) is 3.75. The molecule has 1 saturated heterocycles. The van der Waals surface area contributed by atoms with Crippen LogP contribution in [0.5, 0.6) is 0 Å². The average Bonchev–Trinajstić information content (AvgIpc) is 2.45. The summed E-state index contributed by atoms with van der Waals surface area (Å²) in [4.78, 5) is 1.92. The Balaban J connectivity index is 2.39. The molecule has 0 bridgehead atoms. The van der Waals surface area contributed by atoms with E-state index < -0.39 is 11.7 Å². The van der Waals surface area contributed by atoms with Gasteiger partial charge in [0.25, 0.3) is 0 Å². The molecule has 1 aliphatic rings. The second kappa shape index (κ2) is 7.01. The Morgan fingerprint density at radius 3 is 2.71 bits per heavy atom. The first-order valence-electron chi connectivity index (χ1n) is 7.27. The van der Waals surface area contributed by atoms with Crippen LogP contribution in [0.2, 0.25) is 0 Å². The molecular formula is C15H20BrF3N2. The highest BCUT2D eigenvalue weighted by molar-refractivity contribution is 9.10. The molecule has 1 aliphatic heterocycles. The molecule has 1 heterocycles. The summed E-state index contributed by atoms with van der Waals surface area (Å²) in [5.74, 6) is 0. The van der Waals surface area contributed by atoms with Crippen molar-refractivity contribution >= 4 is 21.6 Å². The molecule has 2 rings (SSSR count). The minimum absolute atomic E-state index is 0.126. The van der Waals surface area contributed by atoms with Crippen LogP contribution in [0.15, 0.2) is 22.7 Å². The molecule has 21 heavy (non-hydrogen) atoms. The molecule has 1 unspecified atom stereocenters. The molecule has 1 fully saturated rings. The van der Waals surface area contributed by atoms with E-state index >= 15 is 0 Å². The van der Waals surface area contributed by atoms with Crippen molar-refractivity contribution in [2.45, 2.75) is 38.4 Å². The molecule has 2 nitrogen and oxygen atoms in total. The summed E-state index contributed by atoms with van der Waals surface area (Å²) in [5, 5.41) is 3.28. The maximum Gasteiger partial charge on any atom is 0.418 e. The Kier molecular flexibility index (Phi) is 5.54. The zero-order valence-electron chi connectivity index (χ0n) is 12.0. The molecule has 1 aromatic rings. The Bertz CT molecular complexity index is 470. The first kappa shape index (κ1) is 16.6. The molecule has 1 atom stereocenters. The van der Waals surface area contributed by atoms with Crippen LogP contribution in [0.4, 0.5) is 18.9 Å². The smallest absolute Gasteiger partial charge is 0.367 e. The van der Waals surface area contributed by atoms with E-state index in [-0.39, 0.29) is 6.04 Å². The van der Waals surface area contributed by atoms with Gasteiger partial charge in [-0.25, -0.2) is 0 Å². The lowest BCUT2D eigenvalue weighted by Crippen LogP contribution is -2.47. The summed E-state index contributed by atoms with van der Waals surface area (Å²) in [6, 6.07) is 4.57. The maximum atomic E-state index is 13.3. The van der Waals surface area contributed by atoms with Crippen LogP contribution in [0.3, 0.4) is 0 Å². The van der Waals surface area contributed by atoms with Gasteiger partial charge in [0.1, 0.15) is 0 Å². The van der Waals surface area contributed by atoms with E-state index in [4.69, 9.17) is 0 Å². The number of nitrogens with zero attached hydrogens (tertiary/aromatic N) is 1. The number of hydrogen-bond donors (Lipinski definition) is 1. The van der Waals surface area contributed by atoms with Gasteiger partial charge in [-0.1, -0.05) is 22.9 Å². The number of piperidine rings is 1. The van der Waals surface area contributed by atoms with Crippen LogP contribution in [0.25, 0.3) is 0 Å². The minimum atomic E-state index is -4.34. The third-order valence-corrected chi connectivity index (χ3v) is 4.24. The molecule has 118 valence electrons. The number of benzene rings is 1. The summed E-state index contributed by atoms with van der Waals surface area (Å²) in [6.07, 6.45) is -1.58. The summed E-state index contributed by atoms with van der Waals surface area (Å²) < 4.78 is 40.5. The van der Waals surface area contributed by atoms with E-state index in [1.807, 2.05) is 11.8 Å². The second-order valence-electron chi connectivity index (χ2n) is 5.35. The quantitative estimate of drug-likeness (QED) is 0.849. The second-order valence-corrected chi connectivity index (χ2v) is 6.27. The molecule has 0 amide bonds. The van der Waals surface area contributed by atoms with E-state index in [1.54, 1.807) is 12.1 Å². The van der Waals surface area contributed by atoms with Crippen molar-refractivity contribution in [3.8, 4) is 0 Å². The fraction of sp³-hybridized carbons (Fsp3) is 0.600. The topological polar surface area (TPSA) is 15.3 Å². The molecule has 0 spiro atoms. The van der Waals surface area contributed by atoms with Gasteiger partial charge in [-0.2, -0.15) is 13.2 Å². The van der Waals surface area contributed by atoms with E-state index in [2.05, 4.69) is 21.2 Å². The van der Waals surface area contributed by atoms with Crippen molar-refractivity contribution in [3.63, 3.8) is 0 Å². The summed E-state index contributed by atoms with van der Waals surface area (Å²) in [5.41, 5.74) is -0.267. The fourth-order valence-corrected chi connectivity index (χ4v) is 3.19. The lowest BCUT2D eigenvalue weighted by atomic mass is 10.0. The number of nitrogens with one attached hydrogen (secondary N) is 1. The molecule has 0 aliphatic carbocycles. The molecule has 0 radical (unpaired) electrons. The number of alkyl halides is 3. The SMILES string of the molecule is CCCN(c1ccc(Br)cc1C(F)(F)F)C1CCCNC1. The van der Waals surface area contributed by atoms with Gasteiger partial charge in [-0.05, 0) is 44.0 Å². The van der Waals surface area contributed by atoms with Crippen LogP contribution in [0, 0.1) is 0 Å². The highest BCUT2D eigenvalue weighted by Gasteiger charge is 2.36. The first-order chi connectivity index (χ1) is 9.93. The number of anilines is 1. The van der Waals surface area contributed by atoms with Gasteiger partial charge in [0.15, 0.2) is 0 Å². The van der Waals surface area contributed by atoms with Gasteiger partial charge in [0, 0.05) is 29.3 Å². The van der Waals surface area contributed by atoms with Crippen LogP contribution < -0.4 is 10.2 Å². The number of halogens is 4. The van der Waals surface area contributed by atoms with Crippen molar-refractivity contribution in [1.82, 2.24) is 5.32 Å². The molecular weight excluding hydrogens is 345 g/mol. The summed E-state index contributed by atoms with van der Waals surface area (Å²) in [7, 11) is 0. The van der Waals surface area contributed by atoms with Gasteiger partial charge < -0.3 is 10.2 Å². The highest BCUT2D eigenvalue weighted by Crippen LogP contribution is 2.39. The third kappa shape index (κ3) is 4.13. The molecule has 0 saturated carbocycles. The van der Waals surface area contributed by atoms with Gasteiger partial charge in [-0.15, -0.1) is 0 Å². The highest BCUT2D eigenvalue weighted by atomic mass is 79.9. The first-order valence-corrected chi connectivity index (χ1v) is 8.07. The van der Waals surface area contributed by atoms with Crippen LogP contribution in [0.1, 0.15) is 31.7 Å². The normalized spacial score (nSPS) is 19.6. The fourth-order valence-electron chi connectivity index (χ4n) is 2.83. The minimum Gasteiger partial charge on any atom is -0.367 e. The Labute approximate surface area is 131 Å². The lowest BCUT2D eigenvalue weighted by molar-refractivity contribution is -0.137. The van der Waals surface area contributed by atoms with E-state index in [1.165, 1.54) is 6.07 Å². The van der Waals surface area contributed by atoms with Gasteiger partial charge in [0.05, 0.1) is 5.56 Å². The largest absolute Gasteiger partial charge is 0.418 e. The Hall–Kier alpha value is -0.750. The van der Waals surface area contributed by atoms with Gasteiger partial charge >= 0.3 is 6.18 Å². The lowest BCUT2D eigenvalue weighted by Gasteiger charge is -2.37. The maximum absolute atomic E-state index is 13.3. The van der Waals surface area contributed by atoms with Crippen LogP contribution in [-0.4, -0.2) is 25.7 Å². The summed E-state index contributed by atoms with van der Waals surface area (Å²) >= 11 is 3.14. The molecule has 0 aromatic heterocycles. The van der Waals surface area contributed by atoms with Crippen molar-refractivity contribution in [3.05, 3.63) is 28.2 Å². The van der Waals surface area contributed by atoms with Gasteiger partial charge in [-0.3, -0.25) is 0 Å². The van der Waals surface area contributed by atoms with Crippen molar-refractivity contribution < 1.29 is 13.2 Å². The van der Waals surface area contributed by atoms with Crippen LogP contribution in [-0.2, 0) is 6.18 Å². The van der Waals surface area contributed by atoms with E-state index in [9.17, 15) is 13.2 Å². The number of rotatable bonds is 4. The van der Waals surface area contributed by atoms with E-state index in [0.29, 0.717) is 16.7 Å². The Morgan fingerprint density at radius 1 is 1.38 bits per heavy atom. The summed E-state index contributed by atoms with van der Waals surface area (Å²) in [6.45, 7) is 4.32. The van der Waals surface area contributed by atoms with Crippen molar-refractivity contribution in [1.29, 1.82) is 0 Å². The van der Waals surface area contributed by atoms with Crippen molar-refractivity contribution in [2.75, 3.05) is 24.5 Å². The predicted molar refractivity (Wildman–Crippen MR) is 82.7 cm³/mol. The predicted octanol–water partition coefficient (Wildman–Crippen LogP) is 4.44. The van der Waals surface area contributed by atoms with Crippen LogP contribution >= 0.6 is 15.9 Å². The molecule has 6 heteroatoms. The number of hydrogen-bond acceptors (Lipinski definition) is 2. The Morgan fingerprint density at radius 2 is 2.14 bits per heavy atom. The zero-order valence-corrected chi connectivity index (χ0v) is 13.6. The van der Waals surface area contributed by atoms with Crippen molar-refractivity contribution in [2.24, 2.45) is 0 Å². The average molecular weight is 365 g/mol.